The molecule has 0 radical (unpaired) electrons. The summed E-state index contributed by atoms with van der Waals surface area (Å²) in [7, 11) is 0. The van der Waals surface area contributed by atoms with E-state index in [1.54, 1.807) is 4.90 Å². The van der Waals surface area contributed by atoms with Crippen LogP contribution in [0.15, 0.2) is 178 Å². The lowest BCUT2D eigenvalue weighted by atomic mass is 9.98. The Morgan fingerprint density at radius 1 is 0.640 bits per heavy atom. The second-order valence-electron chi connectivity index (χ2n) is 11.2. The molecule has 5 aromatic carbocycles. The lowest BCUT2D eigenvalue weighted by molar-refractivity contribution is -0.113. The van der Waals surface area contributed by atoms with Crippen molar-refractivity contribution in [1.82, 2.24) is 4.98 Å². The molecule has 0 N–H and O–H groups in total. The Labute approximate surface area is 298 Å². The summed E-state index contributed by atoms with van der Waals surface area (Å²) in [4.78, 5) is 26.7. The van der Waals surface area contributed by atoms with Crippen LogP contribution >= 0.6 is 23.5 Å². The van der Waals surface area contributed by atoms with Crippen LogP contribution in [0.3, 0.4) is 0 Å². The number of para-hydroxylation sites is 2. The van der Waals surface area contributed by atoms with Gasteiger partial charge < -0.3 is 0 Å². The Balaban J connectivity index is 1.32. The van der Waals surface area contributed by atoms with Gasteiger partial charge in [-0.2, -0.15) is 10.4 Å². The number of aliphatic imine (C=N–C) groups is 1. The van der Waals surface area contributed by atoms with Gasteiger partial charge in [-0.25, -0.2) is 15.0 Å². The van der Waals surface area contributed by atoms with Gasteiger partial charge in [0.25, 0.3) is 5.91 Å². The first-order valence-corrected chi connectivity index (χ1v) is 17.4. The zero-order chi connectivity index (χ0) is 33.9. The molecule has 6 aromatic rings. The maximum Gasteiger partial charge on any atom is 0.274 e. The Morgan fingerprint density at radius 3 is 1.78 bits per heavy atom. The number of amides is 1. The molecule has 1 aromatic heterocycles. The lowest BCUT2D eigenvalue weighted by Crippen LogP contribution is -2.29. The molecule has 0 unspecified atom stereocenters. The predicted octanol–water partition coefficient (Wildman–Crippen LogP) is 9.84. The normalized spacial score (nSPS) is 16.5. The molecule has 1 fully saturated rings. The number of anilines is 2. The number of rotatable bonds is 6. The Kier molecular flexibility index (Phi) is 8.53. The molecule has 0 saturated carbocycles. The Hall–Kier alpha value is -6.21. The molecular weight excluding hydrogens is 657 g/mol. The third kappa shape index (κ3) is 5.98. The third-order valence-corrected chi connectivity index (χ3v) is 10.3. The summed E-state index contributed by atoms with van der Waals surface area (Å²) in [6.45, 7) is 0. The first-order valence-electron chi connectivity index (χ1n) is 15.8. The van der Waals surface area contributed by atoms with Gasteiger partial charge in [0.2, 0.25) is 0 Å². The van der Waals surface area contributed by atoms with Crippen LogP contribution in [0.1, 0.15) is 11.1 Å². The molecule has 9 heteroatoms. The largest absolute Gasteiger partial charge is 0.274 e. The highest BCUT2D eigenvalue weighted by Gasteiger charge is 2.41. The van der Waals surface area contributed by atoms with Gasteiger partial charge in [-0.15, -0.1) is 0 Å². The number of hydrogen-bond acceptors (Lipinski definition) is 8. The van der Waals surface area contributed by atoms with E-state index in [9.17, 15) is 10.1 Å². The standard InChI is InChI=1S/C41H26N6OS2/c42-27-34-33(28-16-6-1-7-17-28)26-35(29-18-8-2-9-19-29)43-37(34)44-41-46(31-22-12-4-13-23-31)39(48)36(49-41)40-47(32-24-14-5-15-25-32)45-38(50-40)30-20-10-3-11-21-30/h1-26H/b40-36-,44-41?. The van der Waals surface area contributed by atoms with Crippen molar-refractivity contribution in [3.8, 4) is 28.5 Å². The fourth-order valence-corrected chi connectivity index (χ4v) is 7.84. The van der Waals surface area contributed by atoms with Crippen molar-refractivity contribution in [3.63, 3.8) is 0 Å². The van der Waals surface area contributed by atoms with Gasteiger partial charge in [0.15, 0.2) is 11.0 Å². The Morgan fingerprint density at radius 2 is 1.18 bits per heavy atom. The number of benzene rings is 5. The molecule has 8 rings (SSSR count). The van der Waals surface area contributed by atoms with Crippen LogP contribution in [0.4, 0.5) is 17.2 Å². The summed E-state index contributed by atoms with van der Waals surface area (Å²) in [5, 5.41) is 19.2. The smallest absolute Gasteiger partial charge is 0.267 e. The molecule has 3 heterocycles. The number of thioether (sulfide) groups is 2. The van der Waals surface area contributed by atoms with Gasteiger partial charge in [0.1, 0.15) is 26.6 Å². The first-order chi connectivity index (χ1) is 24.7. The molecule has 2 aliphatic heterocycles. The van der Waals surface area contributed by atoms with Crippen LogP contribution in [0.5, 0.6) is 0 Å². The number of carbonyl (C=O) groups excluding carboxylic acids is 1. The molecule has 0 aliphatic carbocycles. The fourth-order valence-electron chi connectivity index (χ4n) is 5.67. The summed E-state index contributed by atoms with van der Waals surface area (Å²) in [6, 6.07) is 53.0. The van der Waals surface area contributed by atoms with E-state index in [-0.39, 0.29) is 11.7 Å². The van der Waals surface area contributed by atoms with E-state index in [2.05, 4.69) is 6.07 Å². The maximum absolute atomic E-state index is 14.6. The van der Waals surface area contributed by atoms with Gasteiger partial charge in [0.05, 0.1) is 17.1 Å². The molecule has 7 nitrogen and oxygen atoms in total. The third-order valence-electron chi connectivity index (χ3n) is 8.06. The van der Waals surface area contributed by atoms with Crippen molar-refractivity contribution in [2.24, 2.45) is 10.1 Å². The van der Waals surface area contributed by atoms with Crippen LogP contribution in [0.2, 0.25) is 0 Å². The number of carbonyl (C=O) groups is 1. The van der Waals surface area contributed by atoms with Crippen molar-refractivity contribution < 1.29 is 4.79 Å². The van der Waals surface area contributed by atoms with Crippen LogP contribution in [0.25, 0.3) is 22.4 Å². The first kappa shape index (κ1) is 31.1. The maximum atomic E-state index is 14.6. The highest BCUT2D eigenvalue weighted by molar-refractivity contribution is 8.22. The van der Waals surface area contributed by atoms with Gasteiger partial charge in [-0.3, -0.25) is 9.69 Å². The minimum Gasteiger partial charge on any atom is -0.267 e. The second-order valence-corrected chi connectivity index (χ2v) is 13.2. The van der Waals surface area contributed by atoms with Crippen molar-refractivity contribution in [2.45, 2.75) is 0 Å². The highest BCUT2D eigenvalue weighted by Crippen LogP contribution is 2.46. The van der Waals surface area contributed by atoms with E-state index in [0.29, 0.717) is 37.6 Å². The van der Waals surface area contributed by atoms with Crippen LogP contribution in [0, 0.1) is 11.3 Å². The van der Waals surface area contributed by atoms with Crippen molar-refractivity contribution in [1.29, 1.82) is 5.26 Å². The van der Waals surface area contributed by atoms with E-state index >= 15 is 0 Å². The molecule has 238 valence electrons. The van der Waals surface area contributed by atoms with Crippen molar-refractivity contribution in [3.05, 3.63) is 179 Å². The van der Waals surface area contributed by atoms with Crippen LogP contribution in [-0.2, 0) is 4.79 Å². The van der Waals surface area contributed by atoms with Gasteiger partial charge in [-0.1, -0.05) is 127 Å². The quantitative estimate of drug-likeness (QED) is 0.163. The van der Waals surface area contributed by atoms with E-state index in [0.717, 1.165) is 27.4 Å². The minimum atomic E-state index is -0.242. The number of pyridine rings is 1. The van der Waals surface area contributed by atoms with Gasteiger partial charge in [0, 0.05) is 16.7 Å². The van der Waals surface area contributed by atoms with E-state index in [4.69, 9.17) is 15.1 Å². The van der Waals surface area contributed by atoms with Crippen molar-refractivity contribution >= 4 is 56.8 Å². The number of aromatic nitrogens is 1. The average Bonchev–Trinajstić information content (AvgIpc) is 3.77. The van der Waals surface area contributed by atoms with Crippen LogP contribution < -0.4 is 9.91 Å². The summed E-state index contributed by atoms with van der Waals surface area (Å²) >= 11 is 2.70. The molecular formula is C41H26N6OS2. The van der Waals surface area contributed by atoms with Gasteiger partial charge in [-0.05, 0) is 59.4 Å². The molecule has 1 amide bonds. The zero-order valence-electron chi connectivity index (χ0n) is 26.4. The number of amidine groups is 1. The molecule has 1 saturated heterocycles. The van der Waals surface area contributed by atoms with Crippen molar-refractivity contribution in [2.75, 3.05) is 9.91 Å². The summed E-state index contributed by atoms with van der Waals surface area (Å²) in [5.41, 5.74) is 5.89. The Bertz CT molecular complexity index is 2340. The molecule has 50 heavy (non-hydrogen) atoms. The minimum absolute atomic E-state index is 0.232. The van der Waals surface area contributed by atoms with E-state index in [1.807, 2.05) is 163 Å². The molecule has 2 aliphatic rings. The molecule has 0 atom stereocenters. The number of hydrogen-bond donors (Lipinski definition) is 0. The van der Waals surface area contributed by atoms with E-state index < -0.39 is 0 Å². The number of nitrogens with zero attached hydrogens (tertiary/aromatic N) is 6. The second kappa shape index (κ2) is 13.7. The predicted molar refractivity (Wildman–Crippen MR) is 205 cm³/mol. The molecule has 0 bridgehead atoms. The number of nitriles is 1. The average molecular weight is 683 g/mol. The number of hydrazone groups is 1. The SMILES string of the molecule is N#Cc1c(-c2ccccc2)cc(-c2ccccc2)nc1N=C1S/C(=C2\SC(c3ccccc3)=NN2c2ccccc2)C(=O)N1c1ccccc1. The fraction of sp³-hybridized carbons (Fsp3) is 0. The monoisotopic (exact) mass is 682 g/mol. The molecule has 0 spiro atoms. The summed E-state index contributed by atoms with van der Waals surface area (Å²) < 4.78 is 0. The summed E-state index contributed by atoms with van der Waals surface area (Å²) in [5.74, 6) is -0.00991. The van der Waals surface area contributed by atoms with Crippen LogP contribution in [-0.4, -0.2) is 21.1 Å². The zero-order valence-corrected chi connectivity index (χ0v) is 28.1. The summed E-state index contributed by atoms with van der Waals surface area (Å²) in [6.07, 6.45) is 0. The van der Waals surface area contributed by atoms with Gasteiger partial charge >= 0.3 is 0 Å². The lowest BCUT2D eigenvalue weighted by Gasteiger charge is -2.17. The topological polar surface area (TPSA) is 85.0 Å². The highest BCUT2D eigenvalue weighted by atomic mass is 32.2. The van der Waals surface area contributed by atoms with E-state index in [1.165, 1.54) is 23.5 Å².